The van der Waals surface area contributed by atoms with Crippen molar-refractivity contribution in [2.24, 2.45) is 5.41 Å². The number of ether oxygens (including phenoxy) is 1. The first kappa shape index (κ1) is 25.7. The van der Waals surface area contributed by atoms with E-state index in [1.165, 1.54) is 35.6 Å². The molecule has 0 unspecified atom stereocenters. The van der Waals surface area contributed by atoms with Crippen LogP contribution in [-0.4, -0.2) is 39.2 Å². The van der Waals surface area contributed by atoms with Crippen molar-refractivity contribution in [1.29, 1.82) is 0 Å². The average Bonchev–Trinajstić information content (AvgIpc) is 3.22. The lowest BCUT2D eigenvalue weighted by Gasteiger charge is -2.17. The molecule has 0 atom stereocenters. The molecule has 1 aromatic heterocycles. The molecule has 10 heteroatoms. The molecule has 0 fully saturated rings. The van der Waals surface area contributed by atoms with E-state index in [1.54, 1.807) is 12.1 Å². The highest BCUT2D eigenvalue weighted by molar-refractivity contribution is 7.89. The second-order valence-electron chi connectivity index (χ2n) is 8.12. The Hall–Kier alpha value is -2.56. The zero-order valence-corrected chi connectivity index (χ0v) is 20.2. The Morgan fingerprint density at radius 2 is 1.81 bits per heavy atom. The highest BCUT2D eigenvalue weighted by atomic mass is 32.2. The molecule has 8 nitrogen and oxygen atoms in total. The molecule has 1 amide bonds. The third kappa shape index (κ3) is 7.25. The maximum Gasteiger partial charge on any atom is 0.338 e. The molecule has 1 heterocycles. The minimum Gasteiger partial charge on any atom is -0.454 e. The summed E-state index contributed by atoms with van der Waals surface area (Å²) >= 11 is 1.21. The normalized spacial score (nSPS) is 11.8. The van der Waals surface area contributed by atoms with Crippen molar-refractivity contribution in [3.63, 3.8) is 0 Å². The number of hydrogen-bond donors (Lipinski definition) is 2. The number of rotatable bonds is 10. The van der Waals surface area contributed by atoms with Gasteiger partial charge in [-0.25, -0.2) is 17.9 Å². The van der Waals surface area contributed by atoms with Crippen LogP contribution >= 0.6 is 11.3 Å². The van der Waals surface area contributed by atoms with Gasteiger partial charge in [-0.2, -0.15) is 0 Å². The first-order valence-electron chi connectivity index (χ1n) is 10.1. The number of benzene rings is 1. The lowest BCUT2D eigenvalue weighted by molar-refractivity contribution is -0.128. The molecule has 0 spiro atoms. The van der Waals surface area contributed by atoms with Gasteiger partial charge in [0.2, 0.25) is 21.7 Å². The zero-order chi connectivity index (χ0) is 23.9. The molecule has 32 heavy (non-hydrogen) atoms. The van der Waals surface area contributed by atoms with Crippen LogP contribution in [0, 0.1) is 5.41 Å². The summed E-state index contributed by atoms with van der Waals surface area (Å²) in [4.78, 5) is 37.8. The molecule has 2 N–H and O–H groups in total. The van der Waals surface area contributed by atoms with Gasteiger partial charge >= 0.3 is 5.97 Å². The SMILES string of the molecule is CCCNS(=O)(=O)c1cccc(C(=O)OCC(=O)c2ccc(CNC(=O)C(C)(C)C)s2)c1. The Balaban J connectivity index is 1.95. The fourth-order valence-electron chi connectivity index (χ4n) is 2.45. The molecule has 0 bridgehead atoms. The number of sulfonamides is 1. The molecule has 0 aliphatic heterocycles. The van der Waals surface area contributed by atoms with Crippen molar-refractivity contribution in [3.8, 4) is 0 Å². The third-order valence-electron chi connectivity index (χ3n) is 4.30. The Bertz CT molecular complexity index is 1080. The first-order chi connectivity index (χ1) is 14.9. The molecule has 0 saturated carbocycles. The van der Waals surface area contributed by atoms with Crippen molar-refractivity contribution >= 4 is 39.0 Å². The lowest BCUT2D eigenvalue weighted by atomic mass is 9.96. The zero-order valence-electron chi connectivity index (χ0n) is 18.6. The van der Waals surface area contributed by atoms with Crippen molar-refractivity contribution in [2.75, 3.05) is 13.2 Å². The number of ketones is 1. The van der Waals surface area contributed by atoms with Gasteiger partial charge in [-0.3, -0.25) is 9.59 Å². The van der Waals surface area contributed by atoms with E-state index in [1.807, 2.05) is 27.7 Å². The summed E-state index contributed by atoms with van der Waals surface area (Å²) in [5.41, 5.74) is -0.471. The number of thiophene rings is 1. The molecule has 0 aliphatic carbocycles. The molecule has 174 valence electrons. The molecular formula is C22H28N2O6S2. The fourth-order valence-corrected chi connectivity index (χ4v) is 4.50. The van der Waals surface area contributed by atoms with Gasteiger partial charge in [0, 0.05) is 16.8 Å². The number of carbonyl (C=O) groups excluding carboxylic acids is 3. The predicted octanol–water partition coefficient (Wildman–Crippen LogP) is 3.14. The second-order valence-corrected chi connectivity index (χ2v) is 11.1. The van der Waals surface area contributed by atoms with Crippen LogP contribution in [0.25, 0.3) is 0 Å². The standard InChI is InChI=1S/C22H28N2O6S2/c1-5-11-24-32(28,29)17-8-6-7-15(12-17)20(26)30-14-18(25)19-10-9-16(31-19)13-23-21(27)22(2,3)4/h6-10,12,24H,5,11,13-14H2,1-4H3,(H,23,27). The van der Waals surface area contributed by atoms with Crippen LogP contribution in [0.15, 0.2) is 41.3 Å². The van der Waals surface area contributed by atoms with Crippen LogP contribution in [0.1, 0.15) is 59.0 Å². The third-order valence-corrected chi connectivity index (χ3v) is 6.88. The van der Waals surface area contributed by atoms with Crippen LogP contribution in [-0.2, 0) is 26.1 Å². The lowest BCUT2D eigenvalue weighted by Crippen LogP contribution is -2.34. The van der Waals surface area contributed by atoms with Gasteiger partial charge in [-0.05, 0) is 36.8 Å². The number of nitrogens with one attached hydrogen (secondary N) is 2. The minimum atomic E-state index is -3.72. The van der Waals surface area contributed by atoms with Gasteiger partial charge in [-0.1, -0.05) is 33.8 Å². The molecule has 0 saturated heterocycles. The molecule has 0 radical (unpaired) electrons. The molecule has 2 aromatic rings. The maximum atomic E-state index is 12.4. The quantitative estimate of drug-likeness (QED) is 0.398. The number of hydrogen-bond acceptors (Lipinski definition) is 7. The van der Waals surface area contributed by atoms with Crippen molar-refractivity contribution < 1.29 is 27.5 Å². The Morgan fingerprint density at radius 1 is 1.09 bits per heavy atom. The van der Waals surface area contributed by atoms with E-state index < -0.39 is 28.0 Å². The highest BCUT2D eigenvalue weighted by Gasteiger charge is 2.21. The summed E-state index contributed by atoms with van der Waals surface area (Å²) in [5, 5.41) is 2.81. The summed E-state index contributed by atoms with van der Waals surface area (Å²) in [6, 6.07) is 8.81. The van der Waals surface area contributed by atoms with Gasteiger partial charge in [0.15, 0.2) is 6.61 Å². The Labute approximate surface area is 192 Å². The van der Waals surface area contributed by atoms with Gasteiger partial charge in [-0.15, -0.1) is 11.3 Å². The molecule has 2 rings (SSSR count). The summed E-state index contributed by atoms with van der Waals surface area (Å²) in [5.74, 6) is -1.27. The van der Waals surface area contributed by atoms with E-state index in [2.05, 4.69) is 10.0 Å². The summed E-state index contributed by atoms with van der Waals surface area (Å²) in [7, 11) is -3.72. The van der Waals surface area contributed by atoms with E-state index >= 15 is 0 Å². The van der Waals surface area contributed by atoms with Crippen LogP contribution in [0.2, 0.25) is 0 Å². The summed E-state index contributed by atoms with van der Waals surface area (Å²) in [6.07, 6.45) is 0.635. The number of carbonyl (C=O) groups is 3. The largest absolute Gasteiger partial charge is 0.454 e. The van der Waals surface area contributed by atoms with Crippen molar-refractivity contribution in [1.82, 2.24) is 10.0 Å². The van der Waals surface area contributed by atoms with E-state index in [4.69, 9.17) is 4.74 Å². The topological polar surface area (TPSA) is 119 Å². The monoisotopic (exact) mass is 480 g/mol. The van der Waals surface area contributed by atoms with Gasteiger partial charge in [0.25, 0.3) is 0 Å². The van der Waals surface area contributed by atoms with Crippen molar-refractivity contribution in [3.05, 3.63) is 51.7 Å². The smallest absolute Gasteiger partial charge is 0.338 e. The highest BCUT2D eigenvalue weighted by Crippen LogP contribution is 2.19. The van der Waals surface area contributed by atoms with E-state index in [0.29, 0.717) is 17.8 Å². The van der Waals surface area contributed by atoms with Gasteiger partial charge < -0.3 is 10.1 Å². The van der Waals surface area contributed by atoms with Crippen LogP contribution in [0.3, 0.4) is 0 Å². The van der Waals surface area contributed by atoms with Gasteiger partial charge in [0.05, 0.1) is 21.9 Å². The van der Waals surface area contributed by atoms with E-state index in [0.717, 1.165) is 4.88 Å². The van der Waals surface area contributed by atoms with Crippen molar-refractivity contribution in [2.45, 2.75) is 45.6 Å². The number of esters is 1. The van der Waals surface area contributed by atoms with Crippen LogP contribution in [0.5, 0.6) is 0 Å². The predicted molar refractivity (Wildman–Crippen MR) is 122 cm³/mol. The average molecular weight is 481 g/mol. The van der Waals surface area contributed by atoms with E-state index in [9.17, 15) is 22.8 Å². The number of amides is 1. The van der Waals surface area contributed by atoms with Crippen LogP contribution in [0.4, 0.5) is 0 Å². The fraction of sp³-hybridized carbons (Fsp3) is 0.409. The molecule has 0 aliphatic rings. The summed E-state index contributed by atoms with van der Waals surface area (Å²) in [6.45, 7) is 7.39. The van der Waals surface area contributed by atoms with Crippen LogP contribution < -0.4 is 10.0 Å². The maximum absolute atomic E-state index is 12.4. The summed E-state index contributed by atoms with van der Waals surface area (Å²) < 4.78 is 32.0. The molecular weight excluding hydrogens is 452 g/mol. The molecule has 1 aromatic carbocycles. The second kappa shape index (κ2) is 10.8. The Morgan fingerprint density at radius 3 is 2.47 bits per heavy atom. The number of Topliss-reactive ketones (excluding diaryl/α,β-unsaturated/α-hetero) is 1. The first-order valence-corrected chi connectivity index (χ1v) is 12.4. The Kier molecular flexibility index (Phi) is 8.71. The van der Waals surface area contributed by atoms with E-state index in [-0.39, 0.29) is 28.7 Å². The minimum absolute atomic E-state index is 0.0361. The van der Waals surface area contributed by atoms with Gasteiger partial charge in [0.1, 0.15) is 0 Å².